The third kappa shape index (κ3) is 2.55. The molecule has 2 heterocycles. The van der Waals surface area contributed by atoms with Crippen LogP contribution in [0.1, 0.15) is 21.6 Å². The minimum atomic E-state index is -1.01. The molecule has 0 fully saturated rings. The van der Waals surface area contributed by atoms with Crippen molar-refractivity contribution in [3.05, 3.63) is 40.0 Å². The van der Waals surface area contributed by atoms with Gasteiger partial charge in [-0.1, -0.05) is 11.6 Å². The molecule has 0 saturated heterocycles. The maximum Gasteiger partial charge on any atom is 0.491 e. The van der Waals surface area contributed by atoms with Crippen molar-refractivity contribution in [2.24, 2.45) is 7.05 Å². The van der Waals surface area contributed by atoms with E-state index >= 15 is 0 Å². The number of aromatic nitrogens is 2. The standard InChI is InChI=1S/C13H13BClN3O3/c1-7-3-12(18(2)17-7)16-13(19)9-5-10-8(4-11(9)15)6-21-14(10)20/h3-5,20H,6H2,1-2H3,(H,16,19). The van der Waals surface area contributed by atoms with E-state index in [-0.39, 0.29) is 5.91 Å². The van der Waals surface area contributed by atoms with Gasteiger partial charge < -0.3 is 15.0 Å². The van der Waals surface area contributed by atoms with Gasteiger partial charge in [-0.05, 0) is 30.1 Å². The molecule has 8 heteroatoms. The van der Waals surface area contributed by atoms with E-state index in [1.54, 1.807) is 29.9 Å². The van der Waals surface area contributed by atoms with Crippen LogP contribution in [-0.2, 0) is 18.3 Å². The number of carbonyl (C=O) groups is 1. The van der Waals surface area contributed by atoms with Crippen LogP contribution in [-0.4, -0.2) is 27.8 Å². The number of benzene rings is 1. The molecule has 0 atom stereocenters. The highest BCUT2D eigenvalue weighted by molar-refractivity contribution is 6.61. The average molecular weight is 306 g/mol. The van der Waals surface area contributed by atoms with Gasteiger partial charge in [-0.25, -0.2) is 0 Å². The van der Waals surface area contributed by atoms with Crippen LogP contribution in [0.3, 0.4) is 0 Å². The Hall–Kier alpha value is -1.83. The molecule has 0 bridgehead atoms. The number of fused-ring (bicyclic) bond motifs is 1. The fraction of sp³-hybridized carbons (Fsp3) is 0.231. The van der Waals surface area contributed by atoms with Crippen LogP contribution >= 0.6 is 11.6 Å². The summed E-state index contributed by atoms with van der Waals surface area (Å²) in [6, 6.07) is 4.97. The van der Waals surface area contributed by atoms with Gasteiger partial charge in [-0.2, -0.15) is 5.10 Å². The zero-order valence-corrected chi connectivity index (χ0v) is 12.3. The first kappa shape index (κ1) is 14.1. The van der Waals surface area contributed by atoms with Gasteiger partial charge in [-0.3, -0.25) is 9.48 Å². The van der Waals surface area contributed by atoms with E-state index in [1.807, 2.05) is 6.92 Å². The summed E-state index contributed by atoms with van der Waals surface area (Å²) in [4.78, 5) is 12.3. The van der Waals surface area contributed by atoms with E-state index in [2.05, 4.69) is 10.4 Å². The topological polar surface area (TPSA) is 76.4 Å². The van der Waals surface area contributed by atoms with Crippen LogP contribution in [0.15, 0.2) is 18.2 Å². The first-order chi connectivity index (χ1) is 9.95. The van der Waals surface area contributed by atoms with Crippen molar-refractivity contribution in [3.8, 4) is 0 Å². The highest BCUT2D eigenvalue weighted by Crippen LogP contribution is 2.22. The molecule has 1 amide bonds. The van der Waals surface area contributed by atoms with Gasteiger partial charge >= 0.3 is 7.12 Å². The lowest BCUT2D eigenvalue weighted by Crippen LogP contribution is -2.29. The van der Waals surface area contributed by atoms with Gasteiger partial charge in [-0.15, -0.1) is 0 Å². The van der Waals surface area contributed by atoms with E-state index in [0.29, 0.717) is 28.5 Å². The van der Waals surface area contributed by atoms with Gasteiger partial charge in [0.2, 0.25) is 0 Å². The Kier molecular flexibility index (Phi) is 3.48. The van der Waals surface area contributed by atoms with E-state index in [4.69, 9.17) is 16.3 Å². The zero-order valence-electron chi connectivity index (χ0n) is 11.6. The Morgan fingerprint density at radius 3 is 2.95 bits per heavy atom. The molecule has 6 nitrogen and oxygen atoms in total. The molecule has 2 N–H and O–H groups in total. The molecule has 1 aliphatic heterocycles. The maximum atomic E-state index is 12.3. The van der Waals surface area contributed by atoms with Crippen molar-refractivity contribution < 1.29 is 14.5 Å². The molecule has 0 spiro atoms. The minimum Gasteiger partial charge on any atom is -0.423 e. The summed E-state index contributed by atoms with van der Waals surface area (Å²) in [6.07, 6.45) is 0. The molecular weight excluding hydrogens is 292 g/mol. The van der Waals surface area contributed by atoms with Gasteiger partial charge in [0.25, 0.3) is 5.91 Å². The van der Waals surface area contributed by atoms with Gasteiger partial charge in [0, 0.05) is 13.1 Å². The largest absolute Gasteiger partial charge is 0.491 e. The zero-order chi connectivity index (χ0) is 15.1. The number of aryl methyl sites for hydroxylation is 2. The number of hydrogen-bond donors (Lipinski definition) is 2. The first-order valence-corrected chi connectivity index (χ1v) is 6.77. The smallest absolute Gasteiger partial charge is 0.423 e. The number of carbonyl (C=O) groups excluding carboxylic acids is 1. The summed E-state index contributed by atoms with van der Waals surface area (Å²) < 4.78 is 6.68. The van der Waals surface area contributed by atoms with Crippen LogP contribution in [0.4, 0.5) is 5.82 Å². The molecular formula is C13H13BClN3O3. The van der Waals surface area contributed by atoms with Crippen molar-refractivity contribution in [2.45, 2.75) is 13.5 Å². The molecule has 0 radical (unpaired) electrons. The van der Waals surface area contributed by atoms with Crippen molar-refractivity contribution in [1.82, 2.24) is 9.78 Å². The van der Waals surface area contributed by atoms with Crippen LogP contribution in [0.25, 0.3) is 0 Å². The van der Waals surface area contributed by atoms with E-state index < -0.39 is 7.12 Å². The number of anilines is 1. The Labute approximate surface area is 126 Å². The van der Waals surface area contributed by atoms with Crippen LogP contribution in [0.2, 0.25) is 5.02 Å². The molecule has 21 heavy (non-hydrogen) atoms. The van der Waals surface area contributed by atoms with Gasteiger partial charge in [0.05, 0.1) is 22.9 Å². The van der Waals surface area contributed by atoms with Crippen LogP contribution in [0.5, 0.6) is 0 Å². The van der Waals surface area contributed by atoms with Crippen molar-refractivity contribution in [2.75, 3.05) is 5.32 Å². The Morgan fingerprint density at radius 2 is 2.29 bits per heavy atom. The number of amides is 1. The van der Waals surface area contributed by atoms with E-state index in [1.165, 1.54) is 0 Å². The maximum absolute atomic E-state index is 12.3. The number of nitrogens with one attached hydrogen (secondary N) is 1. The second-order valence-electron chi connectivity index (χ2n) is 4.94. The molecule has 0 aliphatic carbocycles. The summed E-state index contributed by atoms with van der Waals surface area (Å²) >= 11 is 6.14. The number of nitrogens with zero attached hydrogens (tertiary/aromatic N) is 2. The lowest BCUT2D eigenvalue weighted by Gasteiger charge is -2.09. The molecule has 1 aromatic heterocycles. The summed E-state index contributed by atoms with van der Waals surface area (Å²) in [7, 11) is 0.729. The lowest BCUT2D eigenvalue weighted by molar-refractivity contribution is 0.102. The third-order valence-corrected chi connectivity index (χ3v) is 3.69. The molecule has 0 saturated carbocycles. The highest BCUT2D eigenvalue weighted by atomic mass is 35.5. The number of halogens is 1. The summed E-state index contributed by atoms with van der Waals surface area (Å²) in [5.41, 5.74) is 2.46. The quantitative estimate of drug-likeness (QED) is 0.807. The Morgan fingerprint density at radius 1 is 1.52 bits per heavy atom. The molecule has 108 valence electrons. The van der Waals surface area contributed by atoms with Crippen molar-refractivity contribution >= 4 is 35.9 Å². The normalized spacial score (nSPS) is 13.4. The fourth-order valence-electron chi connectivity index (χ4n) is 2.33. The number of rotatable bonds is 2. The molecule has 1 aliphatic rings. The van der Waals surface area contributed by atoms with Gasteiger partial charge in [0.15, 0.2) is 0 Å². The van der Waals surface area contributed by atoms with Gasteiger partial charge in [0.1, 0.15) is 5.82 Å². The molecule has 1 aromatic carbocycles. The second kappa shape index (κ2) is 5.18. The minimum absolute atomic E-state index is 0.291. The van der Waals surface area contributed by atoms with Crippen molar-refractivity contribution in [1.29, 1.82) is 0 Å². The Balaban J connectivity index is 1.92. The SMILES string of the molecule is Cc1cc(NC(=O)c2cc3c(cc2Cl)COB3O)n(C)n1. The Bertz CT molecular complexity index is 732. The van der Waals surface area contributed by atoms with E-state index in [0.717, 1.165) is 11.3 Å². The van der Waals surface area contributed by atoms with Crippen LogP contribution < -0.4 is 10.8 Å². The van der Waals surface area contributed by atoms with Crippen LogP contribution in [0, 0.1) is 6.92 Å². The van der Waals surface area contributed by atoms with E-state index in [9.17, 15) is 9.82 Å². The molecule has 3 rings (SSSR count). The summed E-state index contributed by atoms with van der Waals surface area (Å²) in [5, 5.41) is 16.9. The summed E-state index contributed by atoms with van der Waals surface area (Å²) in [6.45, 7) is 2.13. The average Bonchev–Trinajstić information content (AvgIpc) is 2.92. The predicted molar refractivity (Wildman–Crippen MR) is 79.7 cm³/mol. The predicted octanol–water partition coefficient (Wildman–Crippen LogP) is 0.852. The highest BCUT2D eigenvalue weighted by Gasteiger charge is 2.29. The monoisotopic (exact) mass is 305 g/mol. The second-order valence-corrected chi connectivity index (χ2v) is 5.35. The number of hydrogen-bond acceptors (Lipinski definition) is 4. The molecule has 0 unspecified atom stereocenters. The lowest BCUT2D eigenvalue weighted by atomic mass is 9.78. The van der Waals surface area contributed by atoms with Crippen molar-refractivity contribution in [3.63, 3.8) is 0 Å². The summed E-state index contributed by atoms with van der Waals surface area (Å²) in [5.74, 6) is 0.218. The first-order valence-electron chi connectivity index (χ1n) is 6.39. The third-order valence-electron chi connectivity index (χ3n) is 3.38. The molecule has 2 aromatic rings. The fourth-order valence-corrected chi connectivity index (χ4v) is 2.60.